The van der Waals surface area contributed by atoms with Gasteiger partial charge in [-0.2, -0.15) is 0 Å². The standard InChI is InChI=1S/C19H19N5/c1-6-14(16-10-12-4-2-8-20-18(12)23-16)22-15(7-1)17-11-13-5-3-9-21-19(13)24-17/h2-5,8-11,14-15,22H,1,6-7H2,(H,20,23)(H,21,24). The van der Waals surface area contributed by atoms with E-state index >= 15 is 0 Å². The molecule has 2 atom stereocenters. The summed E-state index contributed by atoms with van der Waals surface area (Å²) in [5.74, 6) is 0. The first kappa shape index (κ1) is 13.7. The second-order valence-electron chi connectivity index (χ2n) is 6.53. The van der Waals surface area contributed by atoms with E-state index in [4.69, 9.17) is 0 Å². The van der Waals surface area contributed by atoms with E-state index in [1.165, 1.54) is 28.6 Å². The summed E-state index contributed by atoms with van der Waals surface area (Å²) in [5.41, 5.74) is 4.38. The molecule has 0 amide bonds. The second-order valence-corrected chi connectivity index (χ2v) is 6.53. The van der Waals surface area contributed by atoms with Crippen molar-refractivity contribution in [3.8, 4) is 0 Å². The van der Waals surface area contributed by atoms with E-state index < -0.39 is 0 Å². The molecule has 0 bridgehead atoms. The van der Waals surface area contributed by atoms with Crippen LogP contribution in [-0.2, 0) is 0 Å². The van der Waals surface area contributed by atoms with Gasteiger partial charge < -0.3 is 15.3 Å². The third-order valence-electron chi connectivity index (χ3n) is 4.96. The molecule has 1 aliphatic heterocycles. The average Bonchev–Trinajstić information content (AvgIpc) is 3.26. The number of nitrogens with zero attached hydrogens (tertiary/aromatic N) is 2. The van der Waals surface area contributed by atoms with E-state index in [-0.39, 0.29) is 0 Å². The maximum Gasteiger partial charge on any atom is 0.137 e. The van der Waals surface area contributed by atoms with Crippen LogP contribution in [-0.4, -0.2) is 19.9 Å². The quantitative estimate of drug-likeness (QED) is 0.523. The first-order valence-corrected chi connectivity index (χ1v) is 8.50. The summed E-state index contributed by atoms with van der Waals surface area (Å²) in [6.07, 6.45) is 7.14. The summed E-state index contributed by atoms with van der Waals surface area (Å²) in [6.45, 7) is 0. The van der Waals surface area contributed by atoms with Crippen molar-refractivity contribution in [3.63, 3.8) is 0 Å². The number of pyridine rings is 2. The number of hydrogen-bond acceptors (Lipinski definition) is 3. The maximum absolute atomic E-state index is 4.40. The molecular formula is C19H19N5. The lowest BCUT2D eigenvalue weighted by molar-refractivity contribution is 0.323. The minimum Gasteiger partial charge on any atom is -0.342 e. The third-order valence-corrected chi connectivity index (χ3v) is 4.96. The largest absolute Gasteiger partial charge is 0.342 e. The van der Waals surface area contributed by atoms with E-state index in [9.17, 15) is 0 Å². The summed E-state index contributed by atoms with van der Waals surface area (Å²) in [6, 6.07) is 13.3. The van der Waals surface area contributed by atoms with Gasteiger partial charge >= 0.3 is 0 Å². The highest BCUT2D eigenvalue weighted by Crippen LogP contribution is 2.33. The molecule has 0 radical (unpaired) electrons. The molecule has 1 saturated heterocycles. The van der Waals surface area contributed by atoms with Crippen LogP contribution in [0.25, 0.3) is 22.1 Å². The van der Waals surface area contributed by atoms with Crippen molar-refractivity contribution in [1.82, 2.24) is 25.3 Å². The zero-order valence-electron chi connectivity index (χ0n) is 13.3. The Morgan fingerprint density at radius 2 is 1.33 bits per heavy atom. The van der Waals surface area contributed by atoms with Gasteiger partial charge in [0.15, 0.2) is 0 Å². The van der Waals surface area contributed by atoms with Crippen molar-refractivity contribution in [2.45, 2.75) is 31.3 Å². The van der Waals surface area contributed by atoms with E-state index in [0.717, 1.165) is 24.1 Å². The van der Waals surface area contributed by atoms with Gasteiger partial charge in [0, 0.05) is 46.6 Å². The lowest BCUT2D eigenvalue weighted by Gasteiger charge is -2.30. The molecule has 1 fully saturated rings. The molecular weight excluding hydrogens is 298 g/mol. The zero-order chi connectivity index (χ0) is 15.9. The van der Waals surface area contributed by atoms with Gasteiger partial charge in [-0.1, -0.05) is 0 Å². The summed E-state index contributed by atoms with van der Waals surface area (Å²) in [5, 5.41) is 6.13. The summed E-state index contributed by atoms with van der Waals surface area (Å²) in [7, 11) is 0. The van der Waals surface area contributed by atoms with Crippen LogP contribution in [0.5, 0.6) is 0 Å². The maximum atomic E-state index is 4.40. The van der Waals surface area contributed by atoms with Crippen LogP contribution in [0.1, 0.15) is 42.7 Å². The number of aromatic amines is 2. The molecule has 2 unspecified atom stereocenters. The van der Waals surface area contributed by atoms with Crippen molar-refractivity contribution in [2.24, 2.45) is 0 Å². The van der Waals surface area contributed by atoms with Crippen molar-refractivity contribution in [2.75, 3.05) is 0 Å². The Kier molecular flexibility index (Phi) is 3.13. The molecule has 0 saturated carbocycles. The normalized spacial score (nSPS) is 21.5. The predicted octanol–water partition coefficient (Wildman–Crippen LogP) is 4.00. The molecule has 4 aromatic rings. The Morgan fingerprint density at radius 1 is 0.792 bits per heavy atom. The fourth-order valence-corrected chi connectivity index (χ4v) is 3.76. The second kappa shape index (κ2) is 5.46. The van der Waals surface area contributed by atoms with Crippen molar-refractivity contribution < 1.29 is 0 Å². The van der Waals surface area contributed by atoms with Gasteiger partial charge in [0.25, 0.3) is 0 Å². The first-order chi connectivity index (χ1) is 11.9. The molecule has 0 aromatic carbocycles. The van der Waals surface area contributed by atoms with Gasteiger partial charge in [0.05, 0.1) is 0 Å². The van der Waals surface area contributed by atoms with Gasteiger partial charge in [-0.25, -0.2) is 9.97 Å². The monoisotopic (exact) mass is 317 g/mol. The molecule has 5 rings (SSSR count). The van der Waals surface area contributed by atoms with Crippen LogP contribution < -0.4 is 5.32 Å². The van der Waals surface area contributed by atoms with Gasteiger partial charge in [0.2, 0.25) is 0 Å². The van der Waals surface area contributed by atoms with Crippen LogP contribution in [0.2, 0.25) is 0 Å². The highest BCUT2D eigenvalue weighted by atomic mass is 15.0. The molecule has 3 N–H and O–H groups in total. The number of fused-ring (bicyclic) bond motifs is 2. The van der Waals surface area contributed by atoms with E-state index in [1.54, 1.807) is 0 Å². The fourth-order valence-electron chi connectivity index (χ4n) is 3.76. The minimum atomic E-state index is 0.331. The Morgan fingerprint density at radius 3 is 1.83 bits per heavy atom. The highest BCUT2D eigenvalue weighted by Gasteiger charge is 2.25. The molecule has 5 nitrogen and oxygen atoms in total. The summed E-state index contributed by atoms with van der Waals surface area (Å²) in [4.78, 5) is 15.7. The SMILES string of the molecule is c1cnc2[nH]c(C3CCCC(c4cc5cccnc5[nH]4)N3)cc2c1. The number of aromatic nitrogens is 4. The predicted molar refractivity (Wildman–Crippen MR) is 94.7 cm³/mol. The van der Waals surface area contributed by atoms with E-state index in [0.29, 0.717) is 12.1 Å². The number of H-pyrrole nitrogens is 2. The molecule has 5 heteroatoms. The summed E-state index contributed by atoms with van der Waals surface area (Å²) < 4.78 is 0. The Labute approximate surface area is 139 Å². The molecule has 24 heavy (non-hydrogen) atoms. The fraction of sp³-hybridized carbons (Fsp3) is 0.263. The van der Waals surface area contributed by atoms with Crippen molar-refractivity contribution in [1.29, 1.82) is 0 Å². The lowest BCUT2D eigenvalue weighted by atomic mass is 9.95. The molecule has 120 valence electrons. The van der Waals surface area contributed by atoms with Gasteiger partial charge in [0.1, 0.15) is 11.3 Å². The van der Waals surface area contributed by atoms with Crippen molar-refractivity contribution >= 4 is 22.1 Å². The molecule has 1 aliphatic rings. The topological polar surface area (TPSA) is 69.4 Å². The number of hydrogen-bond donors (Lipinski definition) is 3. The molecule has 4 aromatic heterocycles. The average molecular weight is 317 g/mol. The zero-order valence-corrected chi connectivity index (χ0v) is 13.3. The van der Waals surface area contributed by atoms with Crippen LogP contribution >= 0.6 is 0 Å². The Hall–Kier alpha value is -2.66. The number of piperidine rings is 1. The van der Waals surface area contributed by atoms with Gasteiger partial charge in [-0.15, -0.1) is 0 Å². The lowest BCUT2D eigenvalue weighted by Crippen LogP contribution is -2.31. The van der Waals surface area contributed by atoms with Crippen molar-refractivity contribution in [3.05, 3.63) is 60.2 Å². The van der Waals surface area contributed by atoms with E-state index in [2.05, 4.69) is 49.5 Å². The smallest absolute Gasteiger partial charge is 0.137 e. The first-order valence-electron chi connectivity index (χ1n) is 8.50. The van der Waals surface area contributed by atoms with Crippen LogP contribution in [0.3, 0.4) is 0 Å². The molecule has 5 heterocycles. The Bertz CT molecular complexity index is 853. The molecule has 0 aliphatic carbocycles. The number of rotatable bonds is 2. The highest BCUT2D eigenvalue weighted by molar-refractivity contribution is 5.77. The van der Waals surface area contributed by atoms with E-state index in [1.807, 2.05) is 24.5 Å². The Balaban J connectivity index is 1.45. The number of nitrogens with one attached hydrogen (secondary N) is 3. The molecule has 0 spiro atoms. The summed E-state index contributed by atoms with van der Waals surface area (Å²) >= 11 is 0. The van der Waals surface area contributed by atoms with Crippen LogP contribution in [0, 0.1) is 0 Å². The minimum absolute atomic E-state index is 0.331. The van der Waals surface area contributed by atoms with Gasteiger partial charge in [-0.05, 0) is 55.7 Å². The van der Waals surface area contributed by atoms with Gasteiger partial charge in [-0.3, -0.25) is 0 Å². The van der Waals surface area contributed by atoms with Crippen LogP contribution in [0.4, 0.5) is 0 Å². The third kappa shape index (κ3) is 2.29. The van der Waals surface area contributed by atoms with Crippen LogP contribution in [0.15, 0.2) is 48.8 Å².